The topological polar surface area (TPSA) is 109 Å². The van der Waals surface area contributed by atoms with Crippen LogP contribution < -0.4 is 14.6 Å². The molecule has 1 aromatic heterocycles. The molecule has 9 heteroatoms. The summed E-state index contributed by atoms with van der Waals surface area (Å²) in [5.41, 5.74) is 2.31. The van der Waals surface area contributed by atoms with Crippen LogP contribution in [0.3, 0.4) is 0 Å². The van der Waals surface area contributed by atoms with Crippen LogP contribution >= 0.6 is 0 Å². The zero-order valence-corrected chi connectivity index (χ0v) is 13.9. The van der Waals surface area contributed by atoms with Gasteiger partial charge >= 0.3 is 6.09 Å². The molecule has 130 valence electrons. The Bertz CT molecular complexity index is 1010. The highest BCUT2D eigenvalue weighted by Gasteiger charge is 2.29. The molecular formula is C16H14N2O6S. The number of anilines is 1. The third-order valence-corrected chi connectivity index (χ3v) is 5.10. The third kappa shape index (κ3) is 3.09. The molecule has 3 rings (SSSR count). The molecule has 0 radical (unpaired) electrons. The molecule has 25 heavy (non-hydrogen) atoms. The summed E-state index contributed by atoms with van der Waals surface area (Å²) in [6, 6.07) is 12.3. The van der Waals surface area contributed by atoms with Gasteiger partial charge in [-0.05, 0) is 24.3 Å². The molecule has 0 unspecified atom stereocenters. The normalized spacial score (nSPS) is 11.2. The van der Waals surface area contributed by atoms with Crippen LogP contribution in [0.15, 0.2) is 64.1 Å². The number of hydrogen-bond donors (Lipinski definition) is 2. The Labute approximate surface area is 143 Å². The van der Waals surface area contributed by atoms with E-state index in [-0.39, 0.29) is 10.6 Å². The number of rotatable bonds is 5. The molecule has 0 saturated carbocycles. The first-order valence-electron chi connectivity index (χ1n) is 7.08. The predicted molar refractivity (Wildman–Crippen MR) is 90.0 cm³/mol. The second kappa shape index (κ2) is 6.36. The van der Waals surface area contributed by atoms with E-state index in [0.717, 1.165) is 0 Å². The molecule has 3 aromatic rings. The van der Waals surface area contributed by atoms with E-state index in [1.54, 1.807) is 36.4 Å². The van der Waals surface area contributed by atoms with Gasteiger partial charge in [-0.2, -0.15) is 12.8 Å². The highest BCUT2D eigenvalue weighted by Crippen LogP contribution is 2.33. The maximum Gasteiger partial charge on any atom is 0.424 e. The Morgan fingerprint density at radius 2 is 1.92 bits per heavy atom. The minimum Gasteiger partial charge on any atom is -0.497 e. The average Bonchev–Trinajstić information content (AvgIpc) is 3.02. The summed E-state index contributed by atoms with van der Waals surface area (Å²) in [4.78, 5) is 11.1. The number of furan rings is 1. The maximum absolute atomic E-state index is 12.9. The van der Waals surface area contributed by atoms with E-state index >= 15 is 0 Å². The summed E-state index contributed by atoms with van der Waals surface area (Å²) >= 11 is 0. The molecule has 2 aromatic carbocycles. The van der Waals surface area contributed by atoms with Gasteiger partial charge in [0.05, 0.1) is 12.0 Å². The molecule has 0 saturated heterocycles. The third-order valence-electron chi connectivity index (χ3n) is 3.46. The van der Waals surface area contributed by atoms with Crippen LogP contribution in [0, 0.1) is 0 Å². The van der Waals surface area contributed by atoms with Crippen LogP contribution in [0.1, 0.15) is 0 Å². The lowest BCUT2D eigenvalue weighted by Gasteiger charge is -2.22. The molecular weight excluding hydrogens is 348 g/mol. The molecule has 0 aliphatic heterocycles. The lowest BCUT2D eigenvalue weighted by atomic mass is 10.2. The smallest absolute Gasteiger partial charge is 0.424 e. The number of nitrogens with one attached hydrogen (secondary N) is 1. The van der Waals surface area contributed by atoms with Crippen molar-refractivity contribution < 1.29 is 27.5 Å². The van der Waals surface area contributed by atoms with Crippen LogP contribution in [0.25, 0.3) is 11.0 Å². The number of carboxylic acid groups (broad SMARTS) is 1. The van der Waals surface area contributed by atoms with Crippen molar-refractivity contribution >= 4 is 32.8 Å². The van der Waals surface area contributed by atoms with Crippen molar-refractivity contribution in [1.82, 2.24) is 5.43 Å². The molecule has 0 aliphatic rings. The lowest BCUT2D eigenvalue weighted by molar-refractivity contribution is 0.195. The van der Waals surface area contributed by atoms with Gasteiger partial charge in [-0.25, -0.2) is 10.2 Å². The van der Waals surface area contributed by atoms with E-state index < -0.39 is 16.1 Å². The van der Waals surface area contributed by atoms with Gasteiger partial charge in [0.25, 0.3) is 10.0 Å². The molecule has 8 nitrogen and oxygen atoms in total. The Kier molecular flexibility index (Phi) is 4.24. The van der Waals surface area contributed by atoms with Crippen LogP contribution in [0.2, 0.25) is 0 Å². The number of hydrazine groups is 1. The van der Waals surface area contributed by atoms with E-state index in [2.05, 4.69) is 0 Å². The highest BCUT2D eigenvalue weighted by atomic mass is 32.2. The predicted octanol–water partition coefficient (Wildman–Crippen LogP) is 2.82. The highest BCUT2D eigenvalue weighted by molar-refractivity contribution is 7.92. The molecule has 0 fully saturated rings. The number of ether oxygens (including phenoxy) is 1. The number of methoxy groups -OCH3 is 1. The standard InChI is InChI=1S/C16H14N2O6S/c1-23-11-7-8-13-14(10-24-15(13)9-11)18(17-16(19)20)25(21,22)12-5-3-2-4-6-12/h2-10,17H,1H3,(H,19,20). The fourth-order valence-corrected chi connectivity index (χ4v) is 3.62. The van der Waals surface area contributed by atoms with Crippen molar-refractivity contribution in [1.29, 1.82) is 0 Å². The van der Waals surface area contributed by atoms with Gasteiger partial charge in [-0.3, -0.25) is 0 Å². The second-order valence-electron chi connectivity index (χ2n) is 4.98. The maximum atomic E-state index is 12.9. The fourth-order valence-electron chi connectivity index (χ4n) is 2.31. The van der Waals surface area contributed by atoms with Crippen LogP contribution in [-0.4, -0.2) is 26.7 Å². The Morgan fingerprint density at radius 1 is 1.20 bits per heavy atom. The number of amides is 1. The van der Waals surface area contributed by atoms with Gasteiger partial charge in [0.1, 0.15) is 23.3 Å². The zero-order valence-electron chi connectivity index (χ0n) is 13.0. The summed E-state index contributed by atoms with van der Waals surface area (Å²) in [5, 5.41) is 9.49. The Balaban J connectivity index is 2.16. The number of benzene rings is 2. The number of fused-ring (bicyclic) bond motifs is 1. The molecule has 0 bridgehead atoms. The average molecular weight is 362 g/mol. The number of hydrogen-bond acceptors (Lipinski definition) is 5. The first-order valence-corrected chi connectivity index (χ1v) is 8.52. The minimum atomic E-state index is -4.18. The summed E-state index contributed by atoms with van der Waals surface area (Å²) in [5.74, 6) is 0.525. The van der Waals surface area contributed by atoms with E-state index in [9.17, 15) is 13.2 Å². The van der Waals surface area contributed by atoms with Crippen LogP contribution in [0.5, 0.6) is 5.75 Å². The van der Waals surface area contributed by atoms with Gasteiger partial charge in [0.15, 0.2) is 0 Å². The molecule has 0 aliphatic carbocycles. The van der Waals surface area contributed by atoms with Crippen molar-refractivity contribution in [2.45, 2.75) is 4.90 Å². The van der Waals surface area contributed by atoms with Gasteiger partial charge < -0.3 is 14.3 Å². The van der Waals surface area contributed by atoms with Crippen molar-refractivity contribution in [2.75, 3.05) is 11.5 Å². The molecule has 1 heterocycles. The van der Waals surface area contributed by atoms with E-state index in [1.807, 2.05) is 5.43 Å². The van der Waals surface area contributed by atoms with Crippen LogP contribution in [0.4, 0.5) is 10.5 Å². The van der Waals surface area contributed by atoms with E-state index in [4.69, 9.17) is 14.3 Å². The zero-order chi connectivity index (χ0) is 18.0. The van der Waals surface area contributed by atoms with Gasteiger partial charge in [0, 0.05) is 11.5 Å². The summed E-state index contributed by atoms with van der Waals surface area (Å²) in [6.45, 7) is 0. The van der Waals surface area contributed by atoms with E-state index in [1.165, 1.54) is 25.5 Å². The van der Waals surface area contributed by atoms with Gasteiger partial charge in [-0.15, -0.1) is 0 Å². The van der Waals surface area contributed by atoms with Crippen molar-refractivity contribution in [3.8, 4) is 5.75 Å². The first-order chi connectivity index (χ1) is 11.9. The molecule has 0 spiro atoms. The SMILES string of the molecule is COc1ccc2c(N(NC(=O)O)S(=O)(=O)c3ccccc3)coc2c1. The molecule has 1 amide bonds. The second-order valence-corrected chi connectivity index (χ2v) is 6.77. The molecule has 2 N–H and O–H groups in total. The Hall–Kier alpha value is -3.20. The largest absolute Gasteiger partial charge is 0.497 e. The minimum absolute atomic E-state index is 0.0453. The van der Waals surface area contributed by atoms with Crippen molar-refractivity contribution in [3.05, 3.63) is 54.8 Å². The number of nitrogens with zero attached hydrogens (tertiary/aromatic N) is 1. The van der Waals surface area contributed by atoms with Crippen molar-refractivity contribution in [2.24, 2.45) is 0 Å². The van der Waals surface area contributed by atoms with Crippen LogP contribution in [-0.2, 0) is 10.0 Å². The number of carbonyl (C=O) groups is 1. The quantitative estimate of drug-likeness (QED) is 0.676. The monoisotopic (exact) mass is 362 g/mol. The summed E-state index contributed by atoms with van der Waals surface area (Å²) < 4.78 is 36.8. The van der Waals surface area contributed by atoms with Gasteiger partial charge in [-0.1, -0.05) is 18.2 Å². The van der Waals surface area contributed by atoms with E-state index in [0.29, 0.717) is 21.1 Å². The van der Waals surface area contributed by atoms with Gasteiger partial charge in [0.2, 0.25) is 0 Å². The first kappa shape index (κ1) is 16.7. The summed E-state index contributed by atoms with van der Waals surface area (Å²) in [7, 11) is -2.69. The fraction of sp³-hybridized carbons (Fsp3) is 0.0625. The number of sulfonamides is 1. The lowest BCUT2D eigenvalue weighted by Crippen LogP contribution is -2.45. The molecule has 0 atom stereocenters. The summed E-state index contributed by atoms with van der Waals surface area (Å²) in [6.07, 6.45) is -0.358. The van der Waals surface area contributed by atoms with Crippen molar-refractivity contribution in [3.63, 3.8) is 0 Å². The Morgan fingerprint density at radius 3 is 2.56 bits per heavy atom.